The van der Waals surface area contributed by atoms with Crippen molar-refractivity contribution in [2.45, 2.75) is 33.0 Å². The van der Waals surface area contributed by atoms with Crippen LogP contribution < -0.4 is 10.1 Å². The van der Waals surface area contributed by atoms with Crippen LogP contribution >= 0.6 is 0 Å². The minimum absolute atomic E-state index is 0.0845. The fraction of sp³-hybridized carbons (Fsp3) is 0.375. The Morgan fingerprint density at radius 2 is 2.12 bits per heavy atom. The highest BCUT2D eigenvalue weighted by atomic mass is 19.4. The van der Waals surface area contributed by atoms with Gasteiger partial charge in [-0.2, -0.15) is 13.2 Å². The van der Waals surface area contributed by atoms with E-state index in [1.54, 1.807) is 12.1 Å². The third-order valence-corrected chi connectivity index (χ3v) is 3.31. The highest BCUT2D eigenvalue weighted by Crippen LogP contribution is 2.30. The van der Waals surface area contributed by atoms with Gasteiger partial charge in [0.25, 0.3) is 5.91 Å². The van der Waals surface area contributed by atoms with E-state index in [1.807, 2.05) is 19.9 Å². The van der Waals surface area contributed by atoms with Gasteiger partial charge in [0, 0.05) is 6.54 Å². The molecule has 1 N–H and O–H groups in total. The second-order valence-corrected chi connectivity index (χ2v) is 5.19. The van der Waals surface area contributed by atoms with E-state index in [-0.39, 0.29) is 6.54 Å². The molecule has 0 aliphatic carbocycles. The molecule has 1 heterocycles. The Balaban J connectivity index is 2.03. The molecule has 0 saturated carbocycles. The van der Waals surface area contributed by atoms with E-state index in [0.717, 1.165) is 17.5 Å². The standard InChI is InChI=1S/C16H17F3N2O3/c1-3-6-23-12-5-4-11(10(2)7-12)8-20-15(22)13-9-24-21-14(13)16(17,18)19/h4-5,7,9H,3,6,8H2,1-2H3,(H,20,22). The second kappa shape index (κ2) is 7.37. The van der Waals surface area contributed by atoms with Gasteiger partial charge in [-0.05, 0) is 36.6 Å². The van der Waals surface area contributed by atoms with E-state index < -0.39 is 23.3 Å². The summed E-state index contributed by atoms with van der Waals surface area (Å²) in [6, 6.07) is 5.33. The van der Waals surface area contributed by atoms with Crippen molar-refractivity contribution in [3.63, 3.8) is 0 Å². The highest BCUT2D eigenvalue weighted by molar-refractivity contribution is 5.95. The second-order valence-electron chi connectivity index (χ2n) is 5.19. The molecule has 0 atom stereocenters. The summed E-state index contributed by atoms with van der Waals surface area (Å²) >= 11 is 0. The first-order chi connectivity index (χ1) is 11.3. The van der Waals surface area contributed by atoms with Crippen molar-refractivity contribution in [2.75, 3.05) is 6.61 Å². The summed E-state index contributed by atoms with van der Waals surface area (Å²) in [4.78, 5) is 11.9. The van der Waals surface area contributed by atoms with Crippen LogP contribution in [-0.2, 0) is 12.7 Å². The molecule has 0 bridgehead atoms. The number of halogens is 3. The topological polar surface area (TPSA) is 64.4 Å². The molecular weight excluding hydrogens is 325 g/mol. The number of aryl methyl sites for hydroxylation is 1. The minimum atomic E-state index is -4.74. The molecule has 1 aromatic heterocycles. The van der Waals surface area contributed by atoms with Crippen molar-refractivity contribution < 1.29 is 27.2 Å². The maximum absolute atomic E-state index is 12.7. The number of nitrogens with zero attached hydrogens (tertiary/aromatic N) is 1. The van der Waals surface area contributed by atoms with Crippen LogP contribution in [0.1, 0.15) is 40.5 Å². The molecule has 0 saturated heterocycles. The molecule has 24 heavy (non-hydrogen) atoms. The number of carbonyl (C=O) groups excluding carboxylic acids is 1. The lowest BCUT2D eigenvalue weighted by molar-refractivity contribution is -0.143. The van der Waals surface area contributed by atoms with Gasteiger partial charge in [0.05, 0.1) is 6.61 Å². The molecule has 1 amide bonds. The molecule has 0 fully saturated rings. The average Bonchev–Trinajstić information content (AvgIpc) is 3.01. The molecule has 0 radical (unpaired) electrons. The summed E-state index contributed by atoms with van der Waals surface area (Å²) in [5, 5.41) is 5.28. The molecule has 0 aliphatic heterocycles. The Hall–Kier alpha value is -2.51. The average molecular weight is 342 g/mol. The predicted molar refractivity (Wildman–Crippen MR) is 79.6 cm³/mol. The molecule has 2 aromatic rings. The highest BCUT2D eigenvalue weighted by Gasteiger charge is 2.39. The lowest BCUT2D eigenvalue weighted by Gasteiger charge is -2.11. The summed E-state index contributed by atoms with van der Waals surface area (Å²) in [5.74, 6) is -0.183. The van der Waals surface area contributed by atoms with Crippen LogP contribution in [0.2, 0.25) is 0 Å². The van der Waals surface area contributed by atoms with Crippen molar-refractivity contribution in [2.24, 2.45) is 0 Å². The van der Waals surface area contributed by atoms with Crippen LogP contribution in [-0.4, -0.2) is 17.7 Å². The third-order valence-electron chi connectivity index (χ3n) is 3.31. The number of benzene rings is 1. The van der Waals surface area contributed by atoms with Crippen LogP contribution in [0.15, 0.2) is 29.0 Å². The van der Waals surface area contributed by atoms with Gasteiger partial charge in [-0.3, -0.25) is 4.79 Å². The van der Waals surface area contributed by atoms with Crippen molar-refractivity contribution in [1.82, 2.24) is 10.5 Å². The molecule has 130 valence electrons. The molecule has 0 unspecified atom stereocenters. The first-order valence-electron chi connectivity index (χ1n) is 7.35. The van der Waals surface area contributed by atoms with E-state index in [0.29, 0.717) is 18.6 Å². The van der Waals surface area contributed by atoms with Gasteiger partial charge in [0.2, 0.25) is 0 Å². The molecule has 0 aliphatic rings. The molecule has 1 aromatic carbocycles. The zero-order valence-corrected chi connectivity index (χ0v) is 13.2. The number of rotatable bonds is 6. The third kappa shape index (κ3) is 4.27. The number of nitrogens with one attached hydrogen (secondary N) is 1. The number of ether oxygens (including phenoxy) is 1. The van der Waals surface area contributed by atoms with Gasteiger partial charge in [0.15, 0.2) is 5.69 Å². The number of hydrogen-bond donors (Lipinski definition) is 1. The van der Waals surface area contributed by atoms with Gasteiger partial charge in [-0.1, -0.05) is 18.1 Å². The Kier molecular flexibility index (Phi) is 5.48. The van der Waals surface area contributed by atoms with E-state index in [2.05, 4.69) is 15.0 Å². The summed E-state index contributed by atoms with van der Waals surface area (Å²) in [6.45, 7) is 4.52. The van der Waals surface area contributed by atoms with Gasteiger partial charge >= 0.3 is 6.18 Å². The van der Waals surface area contributed by atoms with E-state index >= 15 is 0 Å². The predicted octanol–water partition coefficient (Wildman–Crippen LogP) is 3.72. The van der Waals surface area contributed by atoms with Gasteiger partial charge in [-0.15, -0.1) is 0 Å². The molecule has 2 rings (SSSR count). The van der Waals surface area contributed by atoms with Crippen molar-refractivity contribution in [1.29, 1.82) is 0 Å². The molecule has 5 nitrogen and oxygen atoms in total. The summed E-state index contributed by atoms with van der Waals surface area (Å²) in [7, 11) is 0. The van der Waals surface area contributed by atoms with Crippen LogP contribution in [0.25, 0.3) is 0 Å². The Bertz CT molecular complexity index is 711. The van der Waals surface area contributed by atoms with Gasteiger partial charge < -0.3 is 14.6 Å². The lowest BCUT2D eigenvalue weighted by Crippen LogP contribution is -2.25. The first-order valence-corrected chi connectivity index (χ1v) is 7.35. The van der Waals surface area contributed by atoms with Crippen molar-refractivity contribution in [3.8, 4) is 5.75 Å². The number of carbonyl (C=O) groups is 1. The lowest BCUT2D eigenvalue weighted by atomic mass is 10.1. The van der Waals surface area contributed by atoms with Crippen LogP contribution in [0.4, 0.5) is 13.2 Å². The molecular formula is C16H17F3N2O3. The largest absolute Gasteiger partial charge is 0.494 e. The summed E-state index contributed by atoms with van der Waals surface area (Å²) < 4.78 is 47.9. The van der Waals surface area contributed by atoms with Gasteiger partial charge in [0.1, 0.15) is 17.6 Å². The molecule has 8 heteroatoms. The smallest absolute Gasteiger partial charge is 0.437 e. The van der Waals surface area contributed by atoms with Crippen molar-refractivity contribution in [3.05, 3.63) is 46.8 Å². The zero-order valence-electron chi connectivity index (χ0n) is 13.2. The maximum Gasteiger partial charge on any atom is 0.437 e. The van der Waals surface area contributed by atoms with E-state index in [4.69, 9.17) is 4.74 Å². The Morgan fingerprint density at radius 1 is 1.38 bits per heavy atom. The number of alkyl halides is 3. The number of amides is 1. The molecule has 0 spiro atoms. The van der Waals surface area contributed by atoms with Crippen LogP contribution in [0.5, 0.6) is 5.75 Å². The monoisotopic (exact) mass is 342 g/mol. The number of aromatic nitrogens is 1. The zero-order chi connectivity index (χ0) is 17.7. The maximum atomic E-state index is 12.7. The first kappa shape index (κ1) is 17.8. The van der Waals surface area contributed by atoms with Gasteiger partial charge in [-0.25, -0.2) is 0 Å². The summed E-state index contributed by atoms with van der Waals surface area (Å²) in [6.07, 6.45) is -3.17. The fourth-order valence-corrected chi connectivity index (χ4v) is 2.05. The van der Waals surface area contributed by atoms with Crippen LogP contribution in [0.3, 0.4) is 0 Å². The van der Waals surface area contributed by atoms with E-state index in [1.165, 1.54) is 0 Å². The minimum Gasteiger partial charge on any atom is -0.494 e. The van der Waals surface area contributed by atoms with E-state index in [9.17, 15) is 18.0 Å². The Morgan fingerprint density at radius 3 is 2.75 bits per heavy atom. The summed E-state index contributed by atoms with van der Waals surface area (Å²) in [5.41, 5.74) is -0.328. The quantitative estimate of drug-likeness (QED) is 0.869. The number of hydrogen-bond acceptors (Lipinski definition) is 4. The van der Waals surface area contributed by atoms with Crippen LogP contribution in [0, 0.1) is 6.92 Å². The normalized spacial score (nSPS) is 11.4. The SMILES string of the molecule is CCCOc1ccc(CNC(=O)c2conc2C(F)(F)F)c(C)c1. The van der Waals surface area contributed by atoms with Crippen molar-refractivity contribution >= 4 is 5.91 Å². The Labute approximate surface area is 136 Å². The fourth-order valence-electron chi connectivity index (χ4n) is 2.05.